The van der Waals surface area contributed by atoms with E-state index in [1.807, 2.05) is 6.92 Å². The van der Waals surface area contributed by atoms with Crippen LogP contribution in [0.25, 0.3) is 0 Å². The fourth-order valence-corrected chi connectivity index (χ4v) is 0.791. The average molecular weight is 160 g/mol. The lowest BCUT2D eigenvalue weighted by molar-refractivity contribution is 0.207. The molecular formula is C8H20N2O. The molecule has 0 radical (unpaired) electrons. The van der Waals surface area contributed by atoms with Crippen LogP contribution < -0.4 is 11.1 Å². The van der Waals surface area contributed by atoms with E-state index in [0.717, 1.165) is 19.5 Å². The second-order valence-corrected chi connectivity index (χ2v) is 3.04. The molecule has 0 aliphatic rings. The molecule has 4 N–H and O–H groups in total. The highest BCUT2D eigenvalue weighted by Crippen LogP contribution is 1.99. The van der Waals surface area contributed by atoms with Gasteiger partial charge in [-0.1, -0.05) is 6.92 Å². The van der Waals surface area contributed by atoms with Gasteiger partial charge in [-0.15, -0.1) is 0 Å². The van der Waals surface area contributed by atoms with Crippen molar-refractivity contribution in [3.05, 3.63) is 0 Å². The van der Waals surface area contributed by atoms with Crippen LogP contribution in [0.5, 0.6) is 0 Å². The van der Waals surface area contributed by atoms with Crippen molar-refractivity contribution in [3.8, 4) is 0 Å². The Morgan fingerprint density at radius 2 is 2.09 bits per heavy atom. The minimum Gasteiger partial charge on any atom is -0.396 e. The first kappa shape index (κ1) is 10.9. The van der Waals surface area contributed by atoms with Crippen molar-refractivity contribution in [2.75, 3.05) is 19.7 Å². The zero-order chi connectivity index (χ0) is 8.69. The van der Waals surface area contributed by atoms with Crippen LogP contribution in [-0.4, -0.2) is 30.8 Å². The van der Waals surface area contributed by atoms with Crippen molar-refractivity contribution in [1.82, 2.24) is 5.32 Å². The third-order valence-corrected chi connectivity index (χ3v) is 1.99. The normalized spacial score (nSPS) is 16.4. The summed E-state index contributed by atoms with van der Waals surface area (Å²) in [5.41, 5.74) is 5.33. The number of hydrogen-bond donors (Lipinski definition) is 3. The van der Waals surface area contributed by atoms with Crippen LogP contribution in [-0.2, 0) is 0 Å². The molecular weight excluding hydrogens is 140 g/mol. The Bertz CT molecular complexity index is 88.2. The van der Waals surface area contributed by atoms with Crippen molar-refractivity contribution >= 4 is 0 Å². The van der Waals surface area contributed by atoms with Crippen molar-refractivity contribution in [2.45, 2.75) is 26.3 Å². The van der Waals surface area contributed by atoms with Gasteiger partial charge in [-0.05, 0) is 32.4 Å². The predicted octanol–water partition coefficient (Wildman–Crippen LogP) is -0.0583. The fourth-order valence-electron chi connectivity index (χ4n) is 0.791. The minimum atomic E-state index is 0.247. The summed E-state index contributed by atoms with van der Waals surface area (Å²) < 4.78 is 0. The maximum absolute atomic E-state index is 8.80. The van der Waals surface area contributed by atoms with E-state index in [1.54, 1.807) is 0 Å². The number of nitrogens with two attached hydrogens (primary N) is 1. The third kappa shape index (κ3) is 5.18. The van der Waals surface area contributed by atoms with Gasteiger partial charge in [-0.25, -0.2) is 0 Å². The molecule has 0 fully saturated rings. The van der Waals surface area contributed by atoms with Gasteiger partial charge in [-0.3, -0.25) is 0 Å². The van der Waals surface area contributed by atoms with E-state index < -0.39 is 0 Å². The van der Waals surface area contributed by atoms with Crippen molar-refractivity contribution in [1.29, 1.82) is 0 Å². The molecule has 0 amide bonds. The molecule has 2 unspecified atom stereocenters. The number of rotatable bonds is 6. The van der Waals surface area contributed by atoms with Gasteiger partial charge in [0, 0.05) is 12.6 Å². The maximum atomic E-state index is 8.80. The van der Waals surface area contributed by atoms with Gasteiger partial charge in [0.1, 0.15) is 0 Å². The monoisotopic (exact) mass is 160 g/mol. The first-order chi connectivity index (χ1) is 5.22. The summed E-state index contributed by atoms with van der Waals surface area (Å²) in [6.07, 6.45) is 1.00. The fraction of sp³-hybridized carbons (Fsp3) is 1.00. The number of aliphatic hydroxyl groups excluding tert-OH is 1. The van der Waals surface area contributed by atoms with Crippen molar-refractivity contribution in [2.24, 2.45) is 11.7 Å². The summed E-state index contributed by atoms with van der Waals surface area (Å²) in [6, 6.07) is 0.381. The van der Waals surface area contributed by atoms with Crippen LogP contribution in [0.2, 0.25) is 0 Å². The molecule has 11 heavy (non-hydrogen) atoms. The molecule has 3 nitrogen and oxygen atoms in total. The summed E-state index contributed by atoms with van der Waals surface area (Å²) >= 11 is 0. The molecule has 0 saturated heterocycles. The summed E-state index contributed by atoms with van der Waals surface area (Å²) in [5, 5.41) is 12.1. The lowest BCUT2D eigenvalue weighted by Crippen LogP contribution is -2.35. The minimum absolute atomic E-state index is 0.247. The topological polar surface area (TPSA) is 58.3 Å². The second kappa shape index (κ2) is 6.58. The Hall–Kier alpha value is -0.120. The summed E-state index contributed by atoms with van der Waals surface area (Å²) in [5.74, 6) is 0.327. The number of nitrogens with one attached hydrogen (secondary N) is 1. The molecule has 2 atom stereocenters. The first-order valence-electron chi connectivity index (χ1n) is 4.26. The highest BCUT2D eigenvalue weighted by Gasteiger charge is 2.08. The van der Waals surface area contributed by atoms with Crippen LogP contribution in [0, 0.1) is 5.92 Å². The number of hydrogen-bond acceptors (Lipinski definition) is 3. The van der Waals surface area contributed by atoms with Crippen LogP contribution in [0.3, 0.4) is 0 Å². The molecule has 0 aliphatic heterocycles. The largest absolute Gasteiger partial charge is 0.396 e. The molecule has 68 valence electrons. The molecule has 0 rings (SSSR count). The van der Waals surface area contributed by atoms with E-state index in [9.17, 15) is 0 Å². The standard InChI is InChI=1S/C8H20N2O/c1-7(6-11)8(2)10-5-3-4-9/h7-8,10-11H,3-6,9H2,1-2H3. The van der Waals surface area contributed by atoms with Gasteiger partial charge in [-0.2, -0.15) is 0 Å². The molecule has 0 aromatic rings. The summed E-state index contributed by atoms with van der Waals surface area (Å²) in [6.45, 7) is 6.03. The van der Waals surface area contributed by atoms with Crippen molar-refractivity contribution < 1.29 is 5.11 Å². The quantitative estimate of drug-likeness (QED) is 0.477. The Morgan fingerprint density at radius 1 is 1.45 bits per heavy atom. The Kier molecular flexibility index (Phi) is 6.51. The van der Waals surface area contributed by atoms with Gasteiger partial charge >= 0.3 is 0 Å². The van der Waals surface area contributed by atoms with E-state index >= 15 is 0 Å². The Balaban J connectivity index is 3.28. The lowest BCUT2D eigenvalue weighted by atomic mass is 10.1. The van der Waals surface area contributed by atoms with Gasteiger partial charge in [0.05, 0.1) is 0 Å². The molecule has 0 heterocycles. The average Bonchev–Trinajstić information content (AvgIpc) is 2.03. The Morgan fingerprint density at radius 3 is 2.55 bits per heavy atom. The zero-order valence-corrected chi connectivity index (χ0v) is 7.51. The van der Waals surface area contributed by atoms with Crippen LogP contribution in [0.15, 0.2) is 0 Å². The smallest absolute Gasteiger partial charge is 0.0471 e. The molecule has 3 heteroatoms. The van der Waals surface area contributed by atoms with Gasteiger partial charge in [0.2, 0.25) is 0 Å². The highest BCUT2D eigenvalue weighted by atomic mass is 16.3. The molecule has 0 saturated carbocycles. The Labute approximate surface area is 69.0 Å². The molecule has 0 bridgehead atoms. The first-order valence-corrected chi connectivity index (χ1v) is 4.26. The number of aliphatic hydroxyl groups is 1. The van der Waals surface area contributed by atoms with Gasteiger partial charge in [0.25, 0.3) is 0 Å². The summed E-state index contributed by atoms with van der Waals surface area (Å²) in [4.78, 5) is 0. The zero-order valence-electron chi connectivity index (χ0n) is 7.51. The van der Waals surface area contributed by atoms with Crippen molar-refractivity contribution in [3.63, 3.8) is 0 Å². The molecule has 0 spiro atoms. The van der Waals surface area contributed by atoms with Crippen LogP contribution in [0.1, 0.15) is 20.3 Å². The maximum Gasteiger partial charge on any atom is 0.0471 e. The highest BCUT2D eigenvalue weighted by molar-refractivity contribution is 4.66. The van der Waals surface area contributed by atoms with E-state index in [2.05, 4.69) is 12.2 Å². The summed E-state index contributed by atoms with van der Waals surface area (Å²) in [7, 11) is 0. The molecule has 0 aliphatic carbocycles. The molecule has 0 aromatic carbocycles. The molecule has 0 aromatic heterocycles. The van der Waals surface area contributed by atoms with E-state index in [4.69, 9.17) is 10.8 Å². The SMILES string of the molecule is CC(CO)C(C)NCCCN. The van der Waals surface area contributed by atoms with E-state index in [-0.39, 0.29) is 6.61 Å². The van der Waals surface area contributed by atoms with E-state index in [1.165, 1.54) is 0 Å². The third-order valence-electron chi connectivity index (χ3n) is 1.99. The van der Waals surface area contributed by atoms with E-state index in [0.29, 0.717) is 12.0 Å². The second-order valence-electron chi connectivity index (χ2n) is 3.04. The van der Waals surface area contributed by atoms with Crippen LogP contribution >= 0.6 is 0 Å². The lowest BCUT2D eigenvalue weighted by Gasteiger charge is -2.18. The van der Waals surface area contributed by atoms with Gasteiger partial charge in [0.15, 0.2) is 0 Å². The van der Waals surface area contributed by atoms with Crippen LogP contribution in [0.4, 0.5) is 0 Å². The van der Waals surface area contributed by atoms with Gasteiger partial charge < -0.3 is 16.2 Å². The predicted molar refractivity (Wildman–Crippen MR) is 47.4 cm³/mol.